The fourth-order valence-corrected chi connectivity index (χ4v) is 5.11. The molecule has 10 nitrogen and oxygen atoms in total. The first kappa shape index (κ1) is 21.8. The zero-order valence-electron chi connectivity index (χ0n) is 17.8. The molecule has 1 fully saturated rings. The molecular weight excluding hydrogens is 432 g/mol. The topological polar surface area (TPSA) is 124 Å². The van der Waals surface area contributed by atoms with Crippen molar-refractivity contribution < 1.29 is 17.9 Å². The molecule has 1 aromatic carbocycles. The third-order valence-corrected chi connectivity index (χ3v) is 7.21. The molecular formula is C21H24N6O4S. The number of piperazine rings is 1. The van der Waals surface area contributed by atoms with Crippen molar-refractivity contribution in [2.75, 3.05) is 38.2 Å². The van der Waals surface area contributed by atoms with Crippen LogP contribution in [0, 0.1) is 6.92 Å². The lowest BCUT2D eigenvalue weighted by molar-refractivity contribution is 0.0997. The largest absolute Gasteiger partial charge is 0.496 e. The number of benzene rings is 1. The van der Waals surface area contributed by atoms with E-state index in [1.54, 1.807) is 0 Å². The molecule has 1 saturated heterocycles. The van der Waals surface area contributed by atoms with Crippen molar-refractivity contribution in [3.8, 4) is 11.6 Å². The summed E-state index contributed by atoms with van der Waals surface area (Å²) >= 11 is 0. The first-order valence-electron chi connectivity index (χ1n) is 10.0. The number of carbonyl (C=O) groups is 1. The normalized spacial score (nSPS) is 15.0. The number of carbonyl (C=O) groups excluding carboxylic acids is 1. The van der Waals surface area contributed by atoms with Crippen molar-refractivity contribution in [3.05, 3.63) is 60.2 Å². The summed E-state index contributed by atoms with van der Waals surface area (Å²) < 4.78 is 34.7. The number of nitrogens with zero attached hydrogens (tertiary/aromatic N) is 5. The first-order valence-corrected chi connectivity index (χ1v) is 11.5. The maximum atomic E-state index is 13.2. The third-order valence-electron chi connectivity index (χ3n) is 5.32. The number of aromatic nitrogens is 3. The van der Waals surface area contributed by atoms with Gasteiger partial charge in [-0.2, -0.15) is 4.31 Å². The lowest BCUT2D eigenvalue weighted by atomic mass is 10.2. The smallest absolute Gasteiger partial charge is 0.252 e. The second-order valence-corrected chi connectivity index (χ2v) is 9.28. The maximum Gasteiger partial charge on any atom is 0.252 e. The van der Waals surface area contributed by atoms with Gasteiger partial charge in [0.05, 0.1) is 17.6 Å². The van der Waals surface area contributed by atoms with Crippen LogP contribution >= 0.6 is 0 Å². The predicted octanol–water partition coefficient (Wildman–Crippen LogP) is 1.19. The quantitative estimate of drug-likeness (QED) is 0.591. The molecule has 2 N–H and O–H groups in total. The summed E-state index contributed by atoms with van der Waals surface area (Å²) in [4.78, 5) is 22.7. The van der Waals surface area contributed by atoms with Gasteiger partial charge in [0.2, 0.25) is 10.0 Å². The van der Waals surface area contributed by atoms with Crippen LogP contribution in [0.4, 0.5) is 5.82 Å². The number of rotatable bonds is 6. The van der Waals surface area contributed by atoms with Crippen molar-refractivity contribution in [2.24, 2.45) is 5.73 Å². The van der Waals surface area contributed by atoms with Crippen LogP contribution < -0.4 is 15.4 Å². The van der Waals surface area contributed by atoms with E-state index in [0.29, 0.717) is 18.9 Å². The lowest BCUT2D eigenvalue weighted by Crippen LogP contribution is -2.49. The molecule has 32 heavy (non-hydrogen) atoms. The molecule has 4 rings (SSSR count). The van der Waals surface area contributed by atoms with Crippen molar-refractivity contribution in [3.63, 3.8) is 0 Å². The van der Waals surface area contributed by atoms with Crippen LogP contribution in [0.3, 0.4) is 0 Å². The average Bonchev–Trinajstić information content (AvgIpc) is 3.33. The molecule has 1 aliphatic rings. The van der Waals surface area contributed by atoms with Gasteiger partial charge in [0, 0.05) is 44.6 Å². The number of primary amides is 1. The van der Waals surface area contributed by atoms with Gasteiger partial charge in [-0.25, -0.2) is 18.4 Å². The highest BCUT2D eigenvalue weighted by molar-refractivity contribution is 7.89. The van der Waals surface area contributed by atoms with Gasteiger partial charge in [0.1, 0.15) is 23.2 Å². The molecule has 0 radical (unpaired) electrons. The van der Waals surface area contributed by atoms with Crippen molar-refractivity contribution in [1.82, 2.24) is 18.8 Å². The van der Waals surface area contributed by atoms with Crippen LogP contribution in [-0.4, -0.2) is 66.5 Å². The summed E-state index contributed by atoms with van der Waals surface area (Å²) in [7, 11) is -2.40. The van der Waals surface area contributed by atoms with E-state index in [9.17, 15) is 13.2 Å². The second kappa shape index (κ2) is 8.60. The van der Waals surface area contributed by atoms with E-state index >= 15 is 0 Å². The minimum atomic E-state index is -3.79. The molecule has 0 spiro atoms. The summed E-state index contributed by atoms with van der Waals surface area (Å²) in [5, 5.41) is 0. The summed E-state index contributed by atoms with van der Waals surface area (Å²) in [5.41, 5.74) is 5.40. The molecule has 11 heteroatoms. The molecule has 3 aromatic rings. The van der Waals surface area contributed by atoms with Gasteiger partial charge in [-0.3, -0.25) is 4.79 Å². The predicted molar refractivity (Wildman–Crippen MR) is 119 cm³/mol. The van der Waals surface area contributed by atoms with Crippen LogP contribution in [0.5, 0.6) is 5.75 Å². The molecule has 1 amide bonds. The Kier molecular flexibility index (Phi) is 5.85. The molecule has 0 unspecified atom stereocenters. The van der Waals surface area contributed by atoms with E-state index in [1.165, 1.54) is 29.6 Å². The van der Waals surface area contributed by atoms with Gasteiger partial charge >= 0.3 is 0 Å². The molecule has 0 aliphatic carbocycles. The van der Waals surface area contributed by atoms with Gasteiger partial charge in [-0.1, -0.05) is 0 Å². The van der Waals surface area contributed by atoms with Gasteiger partial charge in [-0.15, -0.1) is 0 Å². The van der Waals surface area contributed by atoms with Gasteiger partial charge in [-0.05, 0) is 37.3 Å². The number of sulfonamides is 1. The average molecular weight is 457 g/mol. The fourth-order valence-electron chi connectivity index (χ4n) is 3.66. The van der Waals surface area contributed by atoms with Crippen molar-refractivity contribution >= 4 is 21.7 Å². The number of hydrogen-bond acceptors (Lipinski definition) is 7. The van der Waals surface area contributed by atoms with E-state index in [1.807, 2.05) is 47.0 Å². The van der Waals surface area contributed by atoms with Crippen molar-refractivity contribution in [1.29, 1.82) is 0 Å². The Bertz CT molecular complexity index is 1240. The Balaban J connectivity index is 1.53. The molecule has 0 bridgehead atoms. The zero-order chi connectivity index (χ0) is 22.9. The zero-order valence-corrected chi connectivity index (χ0v) is 18.6. The number of ether oxygens (including phenoxy) is 1. The number of anilines is 1. The minimum absolute atomic E-state index is 0.00771. The number of aryl methyl sites for hydroxylation is 1. The molecule has 0 saturated carbocycles. The van der Waals surface area contributed by atoms with E-state index < -0.39 is 15.9 Å². The van der Waals surface area contributed by atoms with Gasteiger partial charge in [0.25, 0.3) is 5.91 Å². The Morgan fingerprint density at radius 3 is 2.31 bits per heavy atom. The van der Waals surface area contributed by atoms with Crippen molar-refractivity contribution in [2.45, 2.75) is 11.8 Å². The minimum Gasteiger partial charge on any atom is -0.496 e. The third kappa shape index (κ3) is 4.16. The van der Waals surface area contributed by atoms with E-state index in [2.05, 4.69) is 9.97 Å². The maximum absolute atomic E-state index is 13.2. The molecule has 168 valence electrons. The van der Waals surface area contributed by atoms with Crippen LogP contribution in [0.2, 0.25) is 0 Å². The van der Waals surface area contributed by atoms with Crippen LogP contribution in [-0.2, 0) is 10.0 Å². The fraction of sp³-hybridized carbons (Fsp3) is 0.286. The number of nitrogens with two attached hydrogens (primary N) is 1. The summed E-state index contributed by atoms with van der Waals surface area (Å²) in [6.07, 6.45) is 3.82. The summed E-state index contributed by atoms with van der Waals surface area (Å²) in [5.74, 6) is 1.63. The second-order valence-electron chi connectivity index (χ2n) is 7.34. The molecule has 2 aromatic heterocycles. The lowest BCUT2D eigenvalue weighted by Gasteiger charge is -2.34. The highest BCUT2D eigenvalue weighted by atomic mass is 32.2. The van der Waals surface area contributed by atoms with E-state index in [0.717, 1.165) is 11.6 Å². The molecule has 1 aliphatic heterocycles. The Morgan fingerprint density at radius 2 is 1.69 bits per heavy atom. The first-order chi connectivity index (χ1) is 15.3. The number of amides is 1. The van der Waals surface area contributed by atoms with Crippen LogP contribution in [0.15, 0.2) is 53.7 Å². The summed E-state index contributed by atoms with van der Waals surface area (Å²) in [6, 6.07) is 9.85. The standard InChI is InChI=1S/C21H24N6O4S/c1-15-23-19(25-7-3-4-8-25)14-20(24-15)26-9-11-27(12-10-26)32(29,30)16-5-6-18(31-2)17(13-16)21(22)28/h3-8,13-14H,9-12H2,1-2H3,(H2,22,28). The molecule has 0 atom stereocenters. The summed E-state index contributed by atoms with van der Waals surface area (Å²) in [6.45, 7) is 3.33. The Hall–Kier alpha value is -3.44. The molecule has 3 heterocycles. The van der Waals surface area contributed by atoms with Crippen LogP contribution in [0.25, 0.3) is 5.82 Å². The monoisotopic (exact) mass is 456 g/mol. The van der Waals surface area contributed by atoms with Crippen LogP contribution in [0.1, 0.15) is 16.2 Å². The number of methoxy groups -OCH3 is 1. The number of hydrogen-bond donors (Lipinski definition) is 1. The Morgan fingerprint density at radius 1 is 1.03 bits per heavy atom. The van der Waals surface area contributed by atoms with Gasteiger partial charge < -0.3 is 19.9 Å². The van der Waals surface area contributed by atoms with E-state index in [-0.39, 0.29) is 29.3 Å². The highest BCUT2D eigenvalue weighted by Crippen LogP contribution is 2.26. The van der Waals surface area contributed by atoms with E-state index in [4.69, 9.17) is 10.5 Å². The highest BCUT2D eigenvalue weighted by Gasteiger charge is 2.30. The SMILES string of the molecule is COc1ccc(S(=O)(=O)N2CCN(c3cc(-n4cccc4)nc(C)n3)CC2)cc1C(N)=O. The Labute approximate surface area is 186 Å². The van der Waals surface area contributed by atoms with Gasteiger partial charge in [0.15, 0.2) is 0 Å².